The van der Waals surface area contributed by atoms with Gasteiger partial charge in [-0.05, 0) is 19.3 Å². The molecule has 15 heavy (non-hydrogen) atoms. The largest absolute Gasteiger partial charge is 0.480 e. The molecule has 2 unspecified atom stereocenters. The molecular formula is C10H20N2O3. The Hall–Kier alpha value is -1.10. The zero-order valence-corrected chi connectivity index (χ0v) is 9.70. The molecule has 0 spiro atoms. The summed E-state index contributed by atoms with van der Waals surface area (Å²) in [6.45, 7) is 5.54. The molecule has 5 heteroatoms. The molecule has 0 aliphatic heterocycles. The number of carbonyl (C=O) groups is 2. The van der Waals surface area contributed by atoms with E-state index in [0.29, 0.717) is 6.42 Å². The monoisotopic (exact) mass is 216 g/mol. The van der Waals surface area contributed by atoms with Gasteiger partial charge in [-0.25, -0.2) is 0 Å². The molecular weight excluding hydrogens is 196 g/mol. The van der Waals surface area contributed by atoms with Crippen LogP contribution in [0.1, 0.15) is 27.2 Å². The molecule has 88 valence electrons. The summed E-state index contributed by atoms with van der Waals surface area (Å²) in [6.07, 6.45) is 0.511. The molecule has 0 aliphatic rings. The zero-order chi connectivity index (χ0) is 12.0. The van der Waals surface area contributed by atoms with E-state index < -0.39 is 18.1 Å². The van der Waals surface area contributed by atoms with Crippen molar-refractivity contribution in [2.45, 2.75) is 39.3 Å². The third-order valence-corrected chi connectivity index (χ3v) is 2.10. The highest BCUT2D eigenvalue weighted by Gasteiger charge is 2.23. The van der Waals surface area contributed by atoms with Crippen LogP contribution in [0.15, 0.2) is 0 Å². The van der Waals surface area contributed by atoms with Crippen molar-refractivity contribution in [2.24, 2.45) is 5.92 Å². The van der Waals surface area contributed by atoms with Crippen LogP contribution < -0.4 is 10.6 Å². The molecule has 0 aromatic rings. The number of carboxylic acids is 1. The van der Waals surface area contributed by atoms with Crippen LogP contribution in [0.4, 0.5) is 0 Å². The lowest BCUT2D eigenvalue weighted by Crippen LogP contribution is -2.49. The Labute approximate surface area is 90.2 Å². The summed E-state index contributed by atoms with van der Waals surface area (Å²) in [7, 11) is 1.53. The summed E-state index contributed by atoms with van der Waals surface area (Å²) in [6, 6.07) is -1.16. The van der Waals surface area contributed by atoms with Gasteiger partial charge in [0.15, 0.2) is 0 Å². The highest BCUT2D eigenvalue weighted by molar-refractivity contribution is 5.82. The molecule has 0 saturated heterocycles. The Kier molecular flexibility index (Phi) is 5.93. The number of likely N-dealkylation sites (N-methyl/N-ethyl adjacent to an activating group) is 1. The zero-order valence-electron chi connectivity index (χ0n) is 9.70. The average Bonchev–Trinajstić information content (AvgIpc) is 2.14. The highest BCUT2D eigenvalue weighted by Crippen LogP contribution is 2.05. The first-order chi connectivity index (χ1) is 6.88. The minimum Gasteiger partial charge on any atom is -0.480 e. The van der Waals surface area contributed by atoms with E-state index in [4.69, 9.17) is 5.11 Å². The van der Waals surface area contributed by atoms with E-state index >= 15 is 0 Å². The summed E-state index contributed by atoms with van der Waals surface area (Å²) in [5.74, 6) is -0.847. The number of hydrogen-bond acceptors (Lipinski definition) is 3. The molecule has 0 aromatic carbocycles. The van der Waals surface area contributed by atoms with E-state index in [0.717, 1.165) is 0 Å². The van der Waals surface area contributed by atoms with Crippen molar-refractivity contribution in [3.63, 3.8) is 0 Å². The molecule has 0 saturated carbocycles. The second kappa shape index (κ2) is 6.40. The molecule has 0 bridgehead atoms. The van der Waals surface area contributed by atoms with Crippen LogP contribution in [0.25, 0.3) is 0 Å². The first-order valence-electron chi connectivity index (χ1n) is 5.09. The van der Waals surface area contributed by atoms with Gasteiger partial charge in [0.2, 0.25) is 5.91 Å². The third kappa shape index (κ3) is 5.37. The maximum absolute atomic E-state index is 11.2. The number of rotatable bonds is 6. The second-order valence-electron chi connectivity index (χ2n) is 4.02. The van der Waals surface area contributed by atoms with Gasteiger partial charge in [-0.1, -0.05) is 13.8 Å². The number of nitrogens with one attached hydrogen (secondary N) is 2. The van der Waals surface area contributed by atoms with E-state index in [9.17, 15) is 9.59 Å². The predicted octanol–water partition coefficient (Wildman–Crippen LogP) is 0.210. The van der Waals surface area contributed by atoms with Gasteiger partial charge in [-0.2, -0.15) is 0 Å². The van der Waals surface area contributed by atoms with Gasteiger partial charge in [-0.3, -0.25) is 14.9 Å². The summed E-state index contributed by atoms with van der Waals surface area (Å²) in [5.41, 5.74) is 0. The Morgan fingerprint density at radius 1 is 1.27 bits per heavy atom. The van der Waals surface area contributed by atoms with Gasteiger partial charge >= 0.3 is 5.97 Å². The lowest BCUT2D eigenvalue weighted by molar-refractivity contribution is -0.140. The lowest BCUT2D eigenvalue weighted by Gasteiger charge is -2.20. The van der Waals surface area contributed by atoms with Crippen LogP contribution >= 0.6 is 0 Å². The first-order valence-corrected chi connectivity index (χ1v) is 5.09. The van der Waals surface area contributed by atoms with E-state index in [1.54, 1.807) is 6.92 Å². The van der Waals surface area contributed by atoms with Crippen molar-refractivity contribution < 1.29 is 14.7 Å². The fourth-order valence-corrected chi connectivity index (χ4v) is 1.31. The van der Waals surface area contributed by atoms with Gasteiger partial charge in [-0.15, -0.1) is 0 Å². The van der Waals surface area contributed by atoms with Gasteiger partial charge in [0.05, 0.1) is 6.04 Å². The normalized spacial score (nSPS) is 14.7. The van der Waals surface area contributed by atoms with Crippen LogP contribution in [0.3, 0.4) is 0 Å². The van der Waals surface area contributed by atoms with Gasteiger partial charge in [0.25, 0.3) is 0 Å². The molecule has 0 heterocycles. The topological polar surface area (TPSA) is 78.4 Å². The van der Waals surface area contributed by atoms with E-state index in [1.807, 2.05) is 13.8 Å². The first kappa shape index (κ1) is 13.9. The maximum atomic E-state index is 11.2. The Morgan fingerprint density at radius 3 is 2.13 bits per heavy atom. The minimum absolute atomic E-state index is 0.204. The Morgan fingerprint density at radius 2 is 1.80 bits per heavy atom. The smallest absolute Gasteiger partial charge is 0.320 e. The van der Waals surface area contributed by atoms with Crippen LogP contribution in [0.2, 0.25) is 0 Å². The van der Waals surface area contributed by atoms with Crippen molar-refractivity contribution in [1.29, 1.82) is 0 Å². The molecule has 0 aromatic heterocycles. The maximum Gasteiger partial charge on any atom is 0.320 e. The van der Waals surface area contributed by atoms with Gasteiger partial charge < -0.3 is 10.4 Å². The summed E-state index contributed by atoms with van der Waals surface area (Å²) in [5, 5.41) is 14.2. The number of carbonyl (C=O) groups excluding carboxylic acids is 1. The van der Waals surface area contributed by atoms with Crippen molar-refractivity contribution in [1.82, 2.24) is 10.6 Å². The van der Waals surface area contributed by atoms with Crippen LogP contribution in [0.5, 0.6) is 0 Å². The van der Waals surface area contributed by atoms with Crippen molar-refractivity contribution in [2.75, 3.05) is 7.05 Å². The predicted molar refractivity (Wildman–Crippen MR) is 57.5 cm³/mol. The molecule has 0 fully saturated rings. The van der Waals surface area contributed by atoms with Crippen molar-refractivity contribution in [3.05, 3.63) is 0 Å². The molecule has 0 rings (SSSR count). The SMILES string of the molecule is CNC(=O)C(C)NC(CC(C)C)C(=O)O. The second-order valence-corrected chi connectivity index (χ2v) is 4.02. The van der Waals surface area contributed by atoms with Gasteiger partial charge in [0, 0.05) is 7.05 Å². The summed E-state index contributed by atoms with van der Waals surface area (Å²) >= 11 is 0. The fraction of sp³-hybridized carbons (Fsp3) is 0.800. The summed E-state index contributed by atoms with van der Waals surface area (Å²) in [4.78, 5) is 22.1. The number of hydrogen-bond donors (Lipinski definition) is 3. The fourth-order valence-electron chi connectivity index (χ4n) is 1.31. The number of aliphatic carboxylic acids is 1. The Bertz CT molecular complexity index is 229. The molecule has 3 N–H and O–H groups in total. The van der Waals surface area contributed by atoms with Gasteiger partial charge in [0.1, 0.15) is 6.04 Å². The molecule has 0 radical (unpaired) electrons. The van der Waals surface area contributed by atoms with Crippen LogP contribution in [0, 0.1) is 5.92 Å². The van der Waals surface area contributed by atoms with Crippen molar-refractivity contribution in [3.8, 4) is 0 Å². The van der Waals surface area contributed by atoms with Crippen LogP contribution in [-0.4, -0.2) is 36.1 Å². The molecule has 2 atom stereocenters. The molecule has 5 nitrogen and oxygen atoms in total. The lowest BCUT2D eigenvalue weighted by atomic mass is 10.0. The average molecular weight is 216 g/mol. The van der Waals surface area contributed by atoms with E-state index in [1.165, 1.54) is 7.05 Å². The van der Waals surface area contributed by atoms with E-state index in [-0.39, 0.29) is 11.8 Å². The highest BCUT2D eigenvalue weighted by atomic mass is 16.4. The van der Waals surface area contributed by atoms with Crippen molar-refractivity contribution >= 4 is 11.9 Å². The number of carboxylic acid groups (broad SMARTS) is 1. The van der Waals surface area contributed by atoms with Crippen LogP contribution in [-0.2, 0) is 9.59 Å². The minimum atomic E-state index is -0.917. The quantitative estimate of drug-likeness (QED) is 0.593. The third-order valence-electron chi connectivity index (χ3n) is 2.10. The molecule has 0 aliphatic carbocycles. The summed E-state index contributed by atoms with van der Waals surface area (Å²) < 4.78 is 0. The Balaban J connectivity index is 4.28. The van der Waals surface area contributed by atoms with E-state index in [2.05, 4.69) is 10.6 Å². The number of amides is 1. The standard InChI is InChI=1S/C10H20N2O3/c1-6(2)5-8(10(14)15)12-7(3)9(13)11-4/h6-8,12H,5H2,1-4H3,(H,11,13)(H,14,15). The molecule has 1 amide bonds.